The first-order chi connectivity index (χ1) is 8.99. The Bertz CT molecular complexity index is 537. The first-order valence-electron chi connectivity index (χ1n) is 6.38. The molecule has 1 saturated heterocycles. The molecule has 2 N–H and O–H groups in total. The normalized spacial score (nSPS) is 20.4. The van der Waals surface area contributed by atoms with Crippen LogP contribution in [0.4, 0.5) is 0 Å². The van der Waals surface area contributed by atoms with Gasteiger partial charge in [0.1, 0.15) is 0 Å². The largest absolute Gasteiger partial charge is 0.374 e. The lowest BCUT2D eigenvalue weighted by atomic mass is 10.2. The van der Waals surface area contributed by atoms with E-state index < -0.39 is 10.0 Å². The van der Waals surface area contributed by atoms with Crippen LogP contribution in [0.5, 0.6) is 0 Å². The Morgan fingerprint density at radius 2 is 2.21 bits per heavy atom. The maximum Gasteiger partial charge on any atom is 0.240 e. The zero-order chi connectivity index (χ0) is 13.9. The van der Waals surface area contributed by atoms with Crippen LogP contribution >= 0.6 is 0 Å². The maximum absolute atomic E-state index is 12.2. The lowest BCUT2D eigenvalue weighted by molar-refractivity contribution is 0.0324. The van der Waals surface area contributed by atoms with E-state index >= 15 is 0 Å². The SMILES string of the molecule is Cc1ccc(S(=O)(=O)NCC2CNCCO2)c(C)c1. The van der Waals surface area contributed by atoms with Crippen LogP contribution in [-0.2, 0) is 14.8 Å². The van der Waals surface area contributed by atoms with Crippen LogP contribution in [0.3, 0.4) is 0 Å². The third kappa shape index (κ3) is 3.76. The number of ether oxygens (including phenoxy) is 1. The van der Waals surface area contributed by atoms with Crippen molar-refractivity contribution in [2.45, 2.75) is 24.8 Å². The Kier molecular flexibility index (Phi) is 4.57. The maximum atomic E-state index is 12.2. The predicted molar refractivity (Wildman–Crippen MR) is 73.7 cm³/mol. The molecule has 1 aliphatic rings. The molecule has 1 unspecified atom stereocenters. The average Bonchev–Trinajstić information content (AvgIpc) is 2.37. The van der Waals surface area contributed by atoms with Crippen LogP contribution in [0.15, 0.2) is 23.1 Å². The Hall–Kier alpha value is -0.950. The molecule has 1 aliphatic heterocycles. The number of aryl methyl sites for hydroxylation is 2. The standard InChI is InChI=1S/C13H20N2O3S/c1-10-3-4-13(11(2)7-10)19(16,17)15-9-12-8-14-5-6-18-12/h3-4,7,12,14-15H,5-6,8-9H2,1-2H3. The van der Waals surface area contributed by atoms with Crippen molar-refractivity contribution in [1.29, 1.82) is 0 Å². The number of hydrogen-bond donors (Lipinski definition) is 2. The van der Waals surface area contributed by atoms with E-state index in [0.717, 1.165) is 17.7 Å². The Morgan fingerprint density at radius 3 is 2.84 bits per heavy atom. The minimum absolute atomic E-state index is 0.103. The molecule has 0 radical (unpaired) electrons. The lowest BCUT2D eigenvalue weighted by Gasteiger charge is -2.23. The second-order valence-electron chi connectivity index (χ2n) is 4.82. The van der Waals surface area contributed by atoms with E-state index in [1.165, 1.54) is 0 Å². The van der Waals surface area contributed by atoms with E-state index in [-0.39, 0.29) is 6.10 Å². The van der Waals surface area contributed by atoms with Crippen molar-refractivity contribution in [3.8, 4) is 0 Å². The molecule has 0 spiro atoms. The molecule has 19 heavy (non-hydrogen) atoms. The van der Waals surface area contributed by atoms with Gasteiger partial charge in [-0.25, -0.2) is 13.1 Å². The zero-order valence-corrected chi connectivity index (χ0v) is 12.1. The van der Waals surface area contributed by atoms with Crippen LogP contribution in [0, 0.1) is 13.8 Å². The highest BCUT2D eigenvalue weighted by molar-refractivity contribution is 7.89. The van der Waals surface area contributed by atoms with Crippen molar-refractivity contribution >= 4 is 10.0 Å². The van der Waals surface area contributed by atoms with Crippen LogP contribution in [0.1, 0.15) is 11.1 Å². The van der Waals surface area contributed by atoms with Crippen molar-refractivity contribution in [2.75, 3.05) is 26.2 Å². The summed E-state index contributed by atoms with van der Waals surface area (Å²) in [4.78, 5) is 0.335. The van der Waals surface area contributed by atoms with Gasteiger partial charge in [0.05, 0.1) is 17.6 Å². The second kappa shape index (κ2) is 6.00. The van der Waals surface area contributed by atoms with Gasteiger partial charge in [-0.2, -0.15) is 0 Å². The van der Waals surface area contributed by atoms with Gasteiger partial charge in [-0.15, -0.1) is 0 Å². The number of nitrogens with one attached hydrogen (secondary N) is 2. The van der Waals surface area contributed by atoms with Crippen LogP contribution < -0.4 is 10.0 Å². The average molecular weight is 284 g/mol. The quantitative estimate of drug-likeness (QED) is 0.848. The fourth-order valence-electron chi connectivity index (χ4n) is 2.13. The third-order valence-corrected chi connectivity index (χ3v) is 4.71. The molecule has 5 nitrogen and oxygen atoms in total. The van der Waals surface area contributed by atoms with Crippen molar-refractivity contribution < 1.29 is 13.2 Å². The number of hydrogen-bond acceptors (Lipinski definition) is 4. The fourth-order valence-corrected chi connectivity index (χ4v) is 3.42. The van der Waals surface area contributed by atoms with Gasteiger partial charge < -0.3 is 10.1 Å². The Labute approximate surface area is 114 Å². The summed E-state index contributed by atoms with van der Waals surface area (Å²) in [7, 11) is -3.46. The molecule has 0 amide bonds. The van der Waals surface area contributed by atoms with Crippen LogP contribution in [0.2, 0.25) is 0 Å². The van der Waals surface area contributed by atoms with Gasteiger partial charge in [0.15, 0.2) is 0 Å². The molecule has 1 atom stereocenters. The molecule has 2 rings (SSSR count). The third-order valence-electron chi connectivity index (χ3n) is 3.13. The van der Waals surface area contributed by atoms with E-state index in [2.05, 4.69) is 10.0 Å². The van der Waals surface area contributed by atoms with Gasteiger partial charge >= 0.3 is 0 Å². The fraction of sp³-hybridized carbons (Fsp3) is 0.538. The van der Waals surface area contributed by atoms with Crippen molar-refractivity contribution in [3.63, 3.8) is 0 Å². The summed E-state index contributed by atoms with van der Waals surface area (Å²) in [5.74, 6) is 0. The van der Waals surface area contributed by atoms with E-state index in [1.807, 2.05) is 13.0 Å². The number of sulfonamides is 1. The number of rotatable bonds is 4. The molecule has 0 saturated carbocycles. The molecule has 0 aliphatic carbocycles. The van der Waals surface area contributed by atoms with E-state index in [4.69, 9.17) is 4.74 Å². The Balaban J connectivity index is 2.05. The van der Waals surface area contributed by atoms with Crippen molar-refractivity contribution in [3.05, 3.63) is 29.3 Å². The van der Waals surface area contributed by atoms with Crippen LogP contribution in [-0.4, -0.2) is 40.8 Å². The summed E-state index contributed by atoms with van der Waals surface area (Å²) >= 11 is 0. The van der Waals surface area contributed by atoms with E-state index in [9.17, 15) is 8.42 Å². The molecule has 1 fully saturated rings. The smallest absolute Gasteiger partial charge is 0.240 e. The summed E-state index contributed by atoms with van der Waals surface area (Å²) in [5.41, 5.74) is 1.81. The molecular weight excluding hydrogens is 264 g/mol. The van der Waals surface area contributed by atoms with Crippen molar-refractivity contribution in [1.82, 2.24) is 10.0 Å². The summed E-state index contributed by atoms with van der Waals surface area (Å²) in [6.45, 7) is 6.16. The Morgan fingerprint density at radius 1 is 1.42 bits per heavy atom. The van der Waals surface area contributed by atoms with Gasteiger partial charge in [-0.05, 0) is 25.5 Å². The van der Waals surface area contributed by atoms with Crippen molar-refractivity contribution in [2.24, 2.45) is 0 Å². The van der Waals surface area contributed by atoms with Gasteiger partial charge in [-0.3, -0.25) is 0 Å². The highest BCUT2D eigenvalue weighted by atomic mass is 32.2. The molecule has 1 aromatic carbocycles. The summed E-state index contributed by atoms with van der Waals surface area (Å²) in [5, 5.41) is 3.17. The minimum Gasteiger partial charge on any atom is -0.374 e. The van der Waals surface area contributed by atoms with Crippen LogP contribution in [0.25, 0.3) is 0 Å². The monoisotopic (exact) mass is 284 g/mol. The first-order valence-corrected chi connectivity index (χ1v) is 7.86. The lowest BCUT2D eigenvalue weighted by Crippen LogP contribution is -2.45. The topological polar surface area (TPSA) is 67.4 Å². The highest BCUT2D eigenvalue weighted by Gasteiger charge is 2.20. The highest BCUT2D eigenvalue weighted by Crippen LogP contribution is 2.16. The molecule has 106 valence electrons. The predicted octanol–water partition coefficient (Wildman–Crippen LogP) is 0.570. The summed E-state index contributed by atoms with van der Waals surface area (Å²) in [6.07, 6.45) is -0.103. The molecule has 6 heteroatoms. The van der Waals surface area contributed by atoms with Gasteiger partial charge in [0.25, 0.3) is 0 Å². The first kappa shape index (κ1) is 14.5. The van der Waals surface area contributed by atoms with Gasteiger partial charge in [0.2, 0.25) is 10.0 Å². The van der Waals surface area contributed by atoms with E-state index in [1.54, 1.807) is 19.1 Å². The molecule has 0 aromatic heterocycles. The molecule has 1 heterocycles. The molecule has 0 bridgehead atoms. The number of benzene rings is 1. The number of morpholine rings is 1. The van der Waals surface area contributed by atoms with Gasteiger partial charge in [0, 0.05) is 19.6 Å². The van der Waals surface area contributed by atoms with E-state index in [0.29, 0.717) is 24.6 Å². The summed E-state index contributed by atoms with van der Waals surface area (Å²) < 4.78 is 32.5. The zero-order valence-electron chi connectivity index (χ0n) is 11.3. The molecular formula is C13H20N2O3S. The summed E-state index contributed by atoms with van der Waals surface area (Å²) in [6, 6.07) is 5.32. The molecule has 1 aromatic rings. The second-order valence-corrected chi connectivity index (χ2v) is 6.55. The minimum atomic E-state index is -3.46. The van der Waals surface area contributed by atoms with Gasteiger partial charge in [-0.1, -0.05) is 17.7 Å².